The van der Waals surface area contributed by atoms with Gasteiger partial charge in [-0.15, -0.1) is 0 Å². The van der Waals surface area contributed by atoms with Gasteiger partial charge in [0.25, 0.3) is 5.91 Å². The number of carbonyl (C=O) groups excluding carboxylic acids is 1. The van der Waals surface area contributed by atoms with E-state index in [1.54, 1.807) is 18.5 Å². The molecule has 30 heavy (non-hydrogen) atoms. The molecule has 5 rings (SSSR count). The van der Waals surface area contributed by atoms with Crippen molar-refractivity contribution in [3.8, 4) is 0 Å². The molecule has 2 aliphatic heterocycles. The molecule has 3 aliphatic rings. The lowest BCUT2D eigenvalue weighted by molar-refractivity contribution is -0.137. The highest BCUT2D eigenvalue weighted by molar-refractivity contribution is 6.34. The first kappa shape index (κ1) is 21.1. The molecule has 2 bridgehead atoms. The van der Waals surface area contributed by atoms with Crippen LogP contribution in [-0.2, 0) is 6.18 Å². The van der Waals surface area contributed by atoms with Crippen LogP contribution in [0.4, 0.5) is 13.2 Å². The van der Waals surface area contributed by atoms with E-state index in [0.29, 0.717) is 5.92 Å². The topological polar surface area (TPSA) is 45.2 Å². The van der Waals surface area contributed by atoms with Gasteiger partial charge in [0.2, 0.25) is 0 Å². The van der Waals surface area contributed by atoms with E-state index in [2.05, 4.69) is 22.2 Å². The minimum Gasteiger partial charge on any atom is -0.343 e. The number of nitrogens with one attached hydrogen (secondary N) is 1. The van der Waals surface area contributed by atoms with Crippen LogP contribution in [0.2, 0.25) is 5.02 Å². The largest absolute Gasteiger partial charge is 0.417 e. The lowest BCUT2D eigenvalue weighted by Crippen LogP contribution is -2.62. The highest BCUT2D eigenvalue weighted by Gasteiger charge is 2.50. The number of hydrogen-bond acceptors (Lipinski definition) is 3. The predicted octanol–water partition coefficient (Wildman–Crippen LogP) is 5.10. The minimum atomic E-state index is -4.63. The third-order valence-corrected chi connectivity index (χ3v) is 7.05. The molecule has 1 amide bonds. The summed E-state index contributed by atoms with van der Waals surface area (Å²) in [4.78, 5) is 19.6. The fourth-order valence-corrected chi connectivity index (χ4v) is 5.35. The van der Waals surface area contributed by atoms with Crippen molar-refractivity contribution in [2.24, 2.45) is 5.92 Å². The van der Waals surface area contributed by atoms with Crippen molar-refractivity contribution in [1.29, 1.82) is 0 Å². The van der Waals surface area contributed by atoms with Gasteiger partial charge < -0.3 is 5.32 Å². The Bertz CT molecular complexity index is 927. The fraction of sp³-hybridized carbons (Fsp3) is 0.455. The molecule has 0 radical (unpaired) electrons. The highest BCUT2D eigenvalue weighted by atomic mass is 35.5. The molecule has 3 heterocycles. The Labute approximate surface area is 178 Å². The number of benzene rings is 1. The zero-order valence-corrected chi connectivity index (χ0v) is 17.3. The molecule has 1 N–H and O–H groups in total. The van der Waals surface area contributed by atoms with Gasteiger partial charge in [-0.25, -0.2) is 0 Å². The normalized spacial score (nSPS) is 25.2. The standard InChI is InChI=1S/C22H23ClF3N3O/c1-29-13-14-7-9-21(29,10-8-14)19(15-4-3-11-27-12-15)28-20(30)16-5-2-6-17(18(16)23)22(24,25)26/h2-6,11-12,14,19H,7-10,13H2,1H3,(H,28,30). The van der Waals surface area contributed by atoms with Crippen LogP contribution in [-0.4, -0.2) is 34.9 Å². The summed E-state index contributed by atoms with van der Waals surface area (Å²) in [5.41, 5.74) is -0.657. The number of piperidine rings is 2. The second-order valence-electron chi connectivity index (χ2n) is 8.29. The smallest absolute Gasteiger partial charge is 0.343 e. The summed E-state index contributed by atoms with van der Waals surface area (Å²) < 4.78 is 39.8. The van der Waals surface area contributed by atoms with E-state index in [-0.39, 0.29) is 11.1 Å². The molecule has 1 saturated carbocycles. The first-order chi connectivity index (χ1) is 14.2. The summed E-state index contributed by atoms with van der Waals surface area (Å²) in [7, 11) is 2.05. The van der Waals surface area contributed by atoms with Crippen molar-refractivity contribution < 1.29 is 18.0 Å². The molecule has 1 unspecified atom stereocenters. The molecule has 8 heteroatoms. The Kier molecular flexibility index (Phi) is 5.53. The number of pyridine rings is 1. The Morgan fingerprint density at radius 2 is 2.00 bits per heavy atom. The van der Waals surface area contributed by atoms with Crippen molar-refractivity contribution in [3.63, 3.8) is 0 Å². The van der Waals surface area contributed by atoms with E-state index < -0.39 is 28.7 Å². The van der Waals surface area contributed by atoms with Crippen LogP contribution >= 0.6 is 11.6 Å². The third kappa shape index (κ3) is 3.69. The monoisotopic (exact) mass is 437 g/mol. The lowest BCUT2D eigenvalue weighted by atomic mass is 9.66. The van der Waals surface area contributed by atoms with Crippen molar-refractivity contribution in [1.82, 2.24) is 15.2 Å². The molecule has 160 valence electrons. The number of aromatic nitrogens is 1. The Morgan fingerprint density at radius 3 is 2.60 bits per heavy atom. The molecular formula is C22H23ClF3N3O. The minimum absolute atomic E-state index is 0.177. The van der Waals surface area contributed by atoms with Crippen LogP contribution in [0.3, 0.4) is 0 Å². The number of likely N-dealkylation sites (N-methyl/N-ethyl adjacent to an activating group) is 1. The molecular weight excluding hydrogens is 415 g/mol. The average Bonchev–Trinajstić information content (AvgIpc) is 2.72. The highest BCUT2D eigenvalue weighted by Crippen LogP contribution is 2.49. The number of nitrogens with zero attached hydrogens (tertiary/aromatic N) is 2. The van der Waals surface area contributed by atoms with Crippen LogP contribution in [0.1, 0.15) is 53.2 Å². The SMILES string of the molecule is CN1CC2CCC1(C(NC(=O)c1cccc(C(F)(F)F)c1Cl)c1cccnc1)CC2. The van der Waals surface area contributed by atoms with E-state index in [9.17, 15) is 18.0 Å². The van der Waals surface area contributed by atoms with Crippen LogP contribution < -0.4 is 5.32 Å². The van der Waals surface area contributed by atoms with Crippen LogP contribution in [0.5, 0.6) is 0 Å². The molecule has 1 aromatic heterocycles. The number of hydrogen-bond donors (Lipinski definition) is 1. The van der Waals surface area contributed by atoms with Crippen molar-refractivity contribution in [2.45, 2.75) is 43.4 Å². The Balaban J connectivity index is 1.71. The molecule has 4 nitrogen and oxygen atoms in total. The fourth-order valence-electron chi connectivity index (χ4n) is 5.03. The summed E-state index contributed by atoms with van der Waals surface area (Å²) in [5, 5.41) is 2.44. The summed E-state index contributed by atoms with van der Waals surface area (Å²) in [5.74, 6) is 0.0375. The number of rotatable bonds is 4. The first-order valence-corrected chi connectivity index (χ1v) is 10.4. The van der Waals surface area contributed by atoms with Crippen LogP contribution in [0, 0.1) is 5.92 Å². The molecule has 2 saturated heterocycles. The average molecular weight is 438 g/mol. The summed E-state index contributed by atoms with van der Waals surface area (Å²) >= 11 is 6.01. The van der Waals surface area contributed by atoms with E-state index in [1.807, 2.05) is 6.07 Å². The quantitative estimate of drug-likeness (QED) is 0.723. The van der Waals surface area contributed by atoms with Gasteiger partial charge in [-0.1, -0.05) is 23.7 Å². The number of alkyl halides is 3. The lowest BCUT2D eigenvalue weighted by Gasteiger charge is -2.57. The van der Waals surface area contributed by atoms with Crippen molar-refractivity contribution in [2.75, 3.05) is 13.6 Å². The second kappa shape index (κ2) is 7.85. The second-order valence-corrected chi connectivity index (χ2v) is 8.66. The van der Waals surface area contributed by atoms with Crippen LogP contribution in [0.15, 0.2) is 42.7 Å². The van der Waals surface area contributed by atoms with Gasteiger partial charge in [-0.05, 0) is 62.4 Å². The molecule has 1 atom stereocenters. The molecule has 0 spiro atoms. The predicted molar refractivity (Wildman–Crippen MR) is 108 cm³/mol. The van der Waals surface area contributed by atoms with E-state index in [1.165, 1.54) is 12.1 Å². The van der Waals surface area contributed by atoms with E-state index in [0.717, 1.165) is 43.9 Å². The summed E-state index contributed by atoms with van der Waals surface area (Å²) in [6, 6.07) is 6.71. The number of carbonyl (C=O) groups is 1. The van der Waals surface area contributed by atoms with Gasteiger partial charge in [0.1, 0.15) is 0 Å². The molecule has 1 aromatic carbocycles. The maximum absolute atomic E-state index is 13.3. The van der Waals surface area contributed by atoms with E-state index in [4.69, 9.17) is 11.6 Å². The third-order valence-electron chi connectivity index (χ3n) is 6.64. The van der Waals surface area contributed by atoms with Crippen molar-refractivity contribution >= 4 is 17.5 Å². The molecule has 3 fully saturated rings. The van der Waals surface area contributed by atoms with Gasteiger partial charge in [0.15, 0.2) is 0 Å². The van der Waals surface area contributed by atoms with Crippen molar-refractivity contribution in [3.05, 3.63) is 64.4 Å². The van der Waals surface area contributed by atoms with Crippen LogP contribution in [0.25, 0.3) is 0 Å². The van der Waals surface area contributed by atoms with Gasteiger partial charge in [0, 0.05) is 24.5 Å². The number of halogens is 4. The van der Waals surface area contributed by atoms with Gasteiger partial charge in [-0.2, -0.15) is 13.2 Å². The zero-order valence-electron chi connectivity index (χ0n) is 16.5. The van der Waals surface area contributed by atoms with Gasteiger partial charge >= 0.3 is 6.18 Å². The summed E-state index contributed by atoms with van der Waals surface area (Å²) in [6.45, 7) is 0.941. The van der Waals surface area contributed by atoms with Gasteiger partial charge in [0.05, 0.1) is 22.2 Å². The Hall–Kier alpha value is -2.12. The zero-order chi connectivity index (χ0) is 21.5. The van der Waals surface area contributed by atoms with Gasteiger partial charge in [-0.3, -0.25) is 14.7 Å². The Morgan fingerprint density at radius 1 is 1.27 bits per heavy atom. The molecule has 2 aromatic rings. The molecule has 1 aliphatic carbocycles. The number of fused-ring (bicyclic) bond motifs is 3. The van der Waals surface area contributed by atoms with E-state index >= 15 is 0 Å². The first-order valence-electron chi connectivity index (χ1n) is 10.00. The maximum Gasteiger partial charge on any atom is 0.417 e. The number of amides is 1. The summed E-state index contributed by atoms with van der Waals surface area (Å²) in [6.07, 6.45) is 2.70. The maximum atomic E-state index is 13.3.